The number of carbonyl (C=O) groups excluding carboxylic acids is 1. The highest BCUT2D eigenvalue weighted by atomic mass is 16.5. The van der Waals surface area contributed by atoms with Crippen LogP contribution in [0.25, 0.3) is 0 Å². The molecule has 0 spiro atoms. The van der Waals surface area contributed by atoms with Gasteiger partial charge in [-0.3, -0.25) is 4.79 Å². The molecule has 0 radical (unpaired) electrons. The van der Waals surface area contributed by atoms with Crippen molar-refractivity contribution < 1.29 is 19.0 Å². The van der Waals surface area contributed by atoms with Gasteiger partial charge in [-0.05, 0) is 54.4 Å². The van der Waals surface area contributed by atoms with Crippen molar-refractivity contribution in [3.05, 3.63) is 90.0 Å². The van der Waals surface area contributed by atoms with Crippen molar-refractivity contribution in [3.63, 3.8) is 0 Å². The maximum Gasteiger partial charge on any atom is 0.277 e. The first-order valence-corrected chi connectivity index (χ1v) is 9.51. The first kappa shape index (κ1) is 20.9. The van der Waals surface area contributed by atoms with Crippen molar-refractivity contribution in [2.24, 2.45) is 5.10 Å². The molecular formula is C24H24N2O4. The molecule has 0 aliphatic heterocycles. The summed E-state index contributed by atoms with van der Waals surface area (Å²) < 4.78 is 16.4. The summed E-state index contributed by atoms with van der Waals surface area (Å²) in [6, 6.07) is 24.6. The number of benzene rings is 3. The number of carbonyl (C=O) groups is 1. The summed E-state index contributed by atoms with van der Waals surface area (Å²) in [7, 11) is 1.57. The highest BCUT2D eigenvalue weighted by molar-refractivity contribution is 5.99. The van der Waals surface area contributed by atoms with Gasteiger partial charge in [-0.1, -0.05) is 36.4 Å². The second-order valence-electron chi connectivity index (χ2n) is 6.50. The van der Waals surface area contributed by atoms with Gasteiger partial charge < -0.3 is 14.2 Å². The van der Waals surface area contributed by atoms with Crippen molar-refractivity contribution in [1.82, 2.24) is 5.43 Å². The molecule has 0 aromatic heterocycles. The molecule has 3 aromatic rings. The Kier molecular flexibility index (Phi) is 7.44. The summed E-state index contributed by atoms with van der Waals surface area (Å²) in [6.07, 6.45) is 0. The van der Waals surface area contributed by atoms with Gasteiger partial charge in [0.05, 0.1) is 12.8 Å². The third kappa shape index (κ3) is 6.38. The third-order valence-electron chi connectivity index (χ3n) is 4.28. The summed E-state index contributed by atoms with van der Waals surface area (Å²) >= 11 is 0. The van der Waals surface area contributed by atoms with Crippen LogP contribution < -0.4 is 19.6 Å². The molecule has 30 heavy (non-hydrogen) atoms. The highest BCUT2D eigenvalue weighted by Crippen LogP contribution is 2.18. The summed E-state index contributed by atoms with van der Waals surface area (Å²) in [5.74, 6) is 1.64. The Morgan fingerprint density at radius 3 is 2.33 bits per heavy atom. The van der Waals surface area contributed by atoms with E-state index in [0.717, 1.165) is 16.9 Å². The molecular weight excluding hydrogens is 380 g/mol. The van der Waals surface area contributed by atoms with E-state index >= 15 is 0 Å². The largest absolute Gasteiger partial charge is 0.497 e. The fourth-order valence-electron chi connectivity index (χ4n) is 2.62. The summed E-state index contributed by atoms with van der Waals surface area (Å²) in [5, 5.41) is 4.14. The van der Waals surface area contributed by atoms with Crippen LogP contribution in [0.15, 0.2) is 84.0 Å². The van der Waals surface area contributed by atoms with E-state index in [1.54, 1.807) is 31.4 Å². The van der Waals surface area contributed by atoms with Crippen LogP contribution in [-0.2, 0) is 11.4 Å². The molecule has 0 saturated carbocycles. The van der Waals surface area contributed by atoms with Gasteiger partial charge in [0, 0.05) is 6.07 Å². The normalized spacial score (nSPS) is 10.9. The van der Waals surface area contributed by atoms with Crippen molar-refractivity contribution >= 4 is 11.6 Å². The molecule has 0 atom stereocenters. The van der Waals surface area contributed by atoms with Gasteiger partial charge in [0.1, 0.15) is 23.9 Å². The van der Waals surface area contributed by atoms with Crippen LogP contribution in [0.4, 0.5) is 0 Å². The van der Waals surface area contributed by atoms with Crippen molar-refractivity contribution in [3.8, 4) is 17.2 Å². The van der Waals surface area contributed by atoms with E-state index in [2.05, 4.69) is 10.5 Å². The average molecular weight is 404 g/mol. The van der Waals surface area contributed by atoms with Gasteiger partial charge in [-0.25, -0.2) is 5.43 Å². The highest BCUT2D eigenvalue weighted by Gasteiger charge is 2.04. The Balaban J connectivity index is 1.47. The van der Waals surface area contributed by atoms with Crippen LogP contribution in [-0.4, -0.2) is 25.3 Å². The van der Waals surface area contributed by atoms with Gasteiger partial charge in [-0.15, -0.1) is 0 Å². The average Bonchev–Trinajstić information content (AvgIpc) is 2.81. The van der Waals surface area contributed by atoms with Gasteiger partial charge in [0.2, 0.25) is 0 Å². The molecule has 0 saturated heterocycles. The van der Waals surface area contributed by atoms with E-state index in [1.165, 1.54) is 0 Å². The quantitative estimate of drug-likeness (QED) is 0.429. The minimum Gasteiger partial charge on any atom is -0.497 e. The van der Waals surface area contributed by atoms with Gasteiger partial charge >= 0.3 is 0 Å². The lowest BCUT2D eigenvalue weighted by Gasteiger charge is -2.08. The zero-order valence-electron chi connectivity index (χ0n) is 17.0. The zero-order chi connectivity index (χ0) is 21.2. The molecule has 0 fully saturated rings. The van der Waals surface area contributed by atoms with Crippen LogP contribution >= 0.6 is 0 Å². The lowest BCUT2D eigenvalue weighted by Crippen LogP contribution is -2.25. The van der Waals surface area contributed by atoms with Crippen molar-refractivity contribution in [1.29, 1.82) is 0 Å². The number of hydrogen-bond donors (Lipinski definition) is 1. The minimum absolute atomic E-state index is 0.143. The Morgan fingerprint density at radius 1 is 0.867 bits per heavy atom. The standard InChI is InChI=1S/C24H24N2O4/c1-18(25-26-24(27)17-30-23-10-6-9-22(15-23)28-2)20-11-13-21(14-12-20)29-16-19-7-4-3-5-8-19/h3-15H,16-17H2,1-2H3,(H,26,27)/b25-18+. The fourth-order valence-corrected chi connectivity index (χ4v) is 2.62. The Hall–Kier alpha value is -3.80. The van der Waals surface area contributed by atoms with Gasteiger partial charge in [0.15, 0.2) is 6.61 Å². The Bertz CT molecular complexity index is 986. The van der Waals surface area contributed by atoms with Crippen molar-refractivity contribution in [2.75, 3.05) is 13.7 Å². The summed E-state index contributed by atoms with van der Waals surface area (Å²) in [5.41, 5.74) is 5.18. The van der Waals surface area contributed by atoms with E-state index in [9.17, 15) is 4.79 Å². The van der Waals surface area contributed by atoms with E-state index in [4.69, 9.17) is 14.2 Å². The SMILES string of the molecule is COc1cccc(OCC(=O)N/N=C(\C)c2ccc(OCc3ccccc3)cc2)c1. The molecule has 1 N–H and O–H groups in total. The maximum atomic E-state index is 12.0. The molecule has 1 amide bonds. The van der Waals surface area contributed by atoms with E-state index in [-0.39, 0.29) is 12.5 Å². The first-order chi connectivity index (χ1) is 14.6. The zero-order valence-corrected chi connectivity index (χ0v) is 17.0. The Labute approximate surface area is 176 Å². The van der Waals surface area contributed by atoms with Crippen LogP contribution in [0, 0.1) is 0 Å². The van der Waals surface area contributed by atoms with Gasteiger partial charge in [0.25, 0.3) is 5.91 Å². The number of hydrogen-bond acceptors (Lipinski definition) is 5. The van der Waals surface area contributed by atoms with Gasteiger partial charge in [-0.2, -0.15) is 5.10 Å². The fraction of sp³-hybridized carbons (Fsp3) is 0.167. The van der Waals surface area contributed by atoms with E-state index in [0.29, 0.717) is 23.8 Å². The second-order valence-corrected chi connectivity index (χ2v) is 6.50. The molecule has 3 aromatic carbocycles. The monoisotopic (exact) mass is 404 g/mol. The Morgan fingerprint density at radius 2 is 1.60 bits per heavy atom. The number of methoxy groups -OCH3 is 1. The van der Waals surface area contributed by atoms with Crippen LogP contribution in [0.3, 0.4) is 0 Å². The number of amides is 1. The smallest absolute Gasteiger partial charge is 0.277 e. The number of rotatable bonds is 9. The third-order valence-corrected chi connectivity index (χ3v) is 4.28. The molecule has 6 nitrogen and oxygen atoms in total. The molecule has 0 unspecified atom stereocenters. The number of nitrogens with one attached hydrogen (secondary N) is 1. The molecule has 6 heteroatoms. The van der Waals surface area contributed by atoms with E-state index < -0.39 is 0 Å². The molecule has 0 heterocycles. The van der Waals surface area contributed by atoms with Crippen LogP contribution in [0.1, 0.15) is 18.1 Å². The number of nitrogens with zero attached hydrogens (tertiary/aromatic N) is 1. The molecule has 154 valence electrons. The maximum absolute atomic E-state index is 12.0. The number of hydrazone groups is 1. The van der Waals surface area contributed by atoms with Crippen molar-refractivity contribution in [2.45, 2.75) is 13.5 Å². The predicted molar refractivity (Wildman–Crippen MR) is 116 cm³/mol. The van der Waals surface area contributed by atoms with E-state index in [1.807, 2.05) is 61.5 Å². The lowest BCUT2D eigenvalue weighted by molar-refractivity contribution is -0.123. The summed E-state index contributed by atoms with van der Waals surface area (Å²) in [6.45, 7) is 2.19. The molecule has 0 aliphatic rings. The predicted octanol–water partition coefficient (Wildman–Crippen LogP) is 4.19. The topological polar surface area (TPSA) is 69.2 Å². The van der Waals surface area contributed by atoms with Crippen LogP contribution in [0.2, 0.25) is 0 Å². The first-order valence-electron chi connectivity index (χ1n) is 9.51. The van der Waals surface area contributed by atoms with Crippen LogP contribution in [0.5, 0.6) is 17.2 Å². The molecule has 0 aliphatic carbocycles. The molecule has 0 bridgehead atoms. The number of ether oxygens (including phenoxy) is 3. The second kappa shape index (κ2) is 10.7. The minimum atomic E-state index is -0.347. The summed E-state index contributed by atoms with van der Waals surface area (Å²) in [4.78, 5) is 12.0. The molecule has 3 rings (SSSR count). The lowest BCUT2D eigenvalue weighted by atomic mass is 10.1.